The van der Waals surface area contributed by atoms with Crippen LogP contribution < -0.4 is 5.32 Å². The normalized spacial score (nSPS) is 12.0. The number of hydrogen-bond acceptors (Lipinski definition) is 2. The highest BCUT2D eigenvalue weighted by Gasteiger charge is 2.13. The van der Waals surface area contributed by atoms with E-state index in [1.54, 1.807) is 0 Å². The van der Waals surface area contributed by atoms with Gasteiger partial charge in [0.25, 0.3) is 0 Å². The van der Waals surface area contributed by atoms with E-state index >= 15 is 0 Å². The summed E-state index contributed by atoms with van der Waals surface area (Å²) in [6, 6.07) is 16.6. The summed E-state index contributed by atoms with van der Waals surface area (Å²) in [4.78, 5) is 4.45. The van der Waals surface area contributed by atoms with Gasteiger partial charge in [-0.05, 0) is 30.7 Å². The predicted octanol–water partition coefficient (Wildman–Crippen LogP) is 3.34. The van der Waals surface area contributed by atoms with Crippen molar-refractivity contribution in [2.45, 2.75) is 12.5 Å². The van der Waals surface area contributed by atoms with Gasteiger partial charge in [-0.2, -0.15) is 0 Å². The fraction of sp³-hybridized carbons (Fsp3) is 0.188. The van der Waals surface area contributed by atoms with Crippen molar-refractivity contribution in [1.29, 1.82) is 0 Å². The highest BCUT2D eigenvalue weighted by atomic mass is 14.9. The lowest BCUT2D eigenvalue weighted by molar-refractivity contribution is 0.598. The molecule has 2 heteroatoms. The van der Waals surface area contributed by atoms with Crippen molar-refractivity contribution in [2.75, 3.05) is 6.54 Å². The van der Waals surface area contributed by atoms with E-state index < -0.39 is 0 Å². The van der Waals surface area contributed by atoms with Gasteiger partial charge in [0.2, 0.25) is 0 Å². The highest BCUT2D eigenvalue weighted by molar-refractivity contribution is 5.27. The van der Waals surface area contributed by atoms with Crippen molar-refractivity contribution in [3.05, 3.63) is 78.6 Å². The minimum absolute atomic E-state index is 0.146. The van der Waals surface area contributed by atoms with Gasteiger partial charge >= 0.3 is 0 Å². The van der Waals surface area contributed by atoms with Crippen LogP contribution in [0.3, 0.4) is 0 Å². The predicted molar refractivity (Wildman–Crippen MR) is 75.3 cm³/mol. The third kappa shape index (κ3) is 3.28. The van der Waals surface area contributed by atoms with E-state index in [9.17, 15) is 0 Å². The molecular formula is C16H18N2. The Bertz CT molecular complexity index is 425. The molecule has 0 aliphatic heterocycles. The van der Waals surface area contributed by atoms with E-state index in [1.165, 1.54) is 5.56 Å². The summed E-state index contributed by atoms with van der Waals surface area (Å²) in [7, 11) is 0. The number of nitrogens with one attached hydrogen (secondary N) is 1. The van der Waals surface area contributed by atoms with E-state index in [2.05, 4.69) is 47.2 Å². The van der Waals surface area contributed by atoms with Gasteiger partial charge in [-0.1, -0.05) is 42.5 Å². The fourth-order valence-corrected chi connectivity index (χ4v) is 1.92. The van der Waals surface area contributed by atoms with Gasteiger partial charge in [0.1, 0.15) is 0 Å². The molecule has 0 amide bonds. The molecule has 1 aromatic carbocycles. The van der Waals surface area contributed by atoms with Crippen molar-refractivity contribution >= 4 is 0 Å². The van der Waals surface area contributed by atoms with E-state index in [0.717, 1.165) is 18.7 Å². The van der Waals surface area contributed by atoms with Crippen LogP contribution in [-0.4, -0.2) is 11.5 Å². The van der Waals surface area contributed by atoms with Gasteiger partial charge < -0.3 is 5.32 Å². The smallest absolute Gasteiger partial charge is 0.0751 e. The lowest BCUT2D eigenvalue weighted by atomic mass is 10.0. The Kier molecular flexibility index (Phi) is 4.68. The van der Waals surface area contributed by atoms with Crippen LogP contribution in [0.5, 0.6) is 0 Å². The van der Waals surface area contributed by atoms with Crippen LogP contribution in [0.2, 0.25) is 0 Å². The summed E-state index contributed by atoms with van der Waals surface area (Å²) in [5.41, 5.74) is 2.29. The molecule has 0 saturated heterocycles. The second kappa shape index (κ2) is 6.72. The van der Waals surface area contributed by atoms with Crippen molar-refractivity contribution < 1.29 is 0 Å². The molecule has 92 valence electrons. The Labute approximate surface area is 108 Å². The van der Waals surface area contributed by atoms with E-state index in [4.69, 9.17) is 0 Å². The van der Waals surface area contributed by atoms with Gasteiger partial charge in [-0.3, -0.25) is 4.98 Å². The molecule has 0 fully saturated rings. The maximum absolute atomic E-state index is 4.45. The van der Waals surface area contributed by atoms with Crippen LogP contribution in [0.15, 0.2) is 67.4 Å². The molecule has 0 bridgehead atoms. The minimum atomic E-state index is 0.146. The molecule has 0 spiro atoms. The Hall–Kier alpha value is -1.93. The fourth-order valence-electron chi connectivity index (χ4n) is 1.92. The lowest BCUT2D eigenvalue weighted by Gasteiger charge is -2.18. The summed E-state index contributed by atoms with van der Waals surface area (Å²) in [5, 5.41) is 3.52. The molecule has 0 aliphatic carbocycles. The van der Waals surface area contributed by atoms with Crippen LogP contribution in [-0.2, 0) is 0 Å². The Balaban J connectivity index is 2.21. The molecule has 1 unspecified atom stereocenters. The summed E-state index contributed by atoms with van der Waals surface area (Å²) in [6.45, 7) is 4.65. The zero-order valence-corrected chi connectivity index (χ0v) is 10.4. The Morgan fingerprint density at radius 3 is 2.56 bits per heavy atom. The molecule has 2 rings (SSSR count). The SMILES string of the molecule is C=CCCNC(c1ccccc1)c1ccccn1. The first-order valence-electron chi connectivity index (χ1n) is 6.22. The van der Waals surface area contributed by atoms with Gasteiger partial charge in [0.05, 0.1) is 11.7 Å². The largest absolute Gasteiger partial charge is 0.305 e. The first-order valence-corrected chi connectivity index (χ1v) is 6.22. The lowest BCUT2D eigenvalue weighted by Crippen LogP contribution is -2.24. The molecule has 2 nitrogen and oxygen atoms in total. The number of aromatic nitrogens is 1. The molecule has 1 heterocycles. The van der Waals surface area contributed by atoms with Crippen molar-refractivity contribution in [2.24, 2.45) is 0 Å². The molecule has 1 atom stereocenters. The van der Waals surface area contributed by atoms with Crippen molar-refractivity contribution in [1.82, 2.24) is 10.3 Å². The van der Waals surface area contributed by atoms with E-state index in [1.807, 2.05) is 30.5 Å². The first-order chi connectivity index (χ1) is 8.92. The monoisotopic (exact) mass is 238 g/mol. The van der Waals surface area contributed by atoms with Crippen LogP contribution in [0, 0.1) is 0 Å². The average Bonchev–Trinajstić information content (AvgIpc) is 2.46. The Morgan fingerprint density at radius 1 is 1.11 bits per heavy atom. The van der Waals surface area contributed by atoms with Crippen LogP contribution in [0.25, 0.3) is 0 Å². The molecule has 0 radical (unpaired) electrons. The minimum Gasteiger partial charge on any atom is -0.305 e. The van der Waals surface area contributed by atoms with Gasteiger partial charge in [0, 0.05) is 6.20 Å². The zero-order valence-electron chi connectivity index (χ0n) is 10.4. The maximum Gasteiger partial charge on any atom is 0.0751 e. The van der Waals surface area contributed by atoms with Gasteiger partial charge in [0.15, 0.2) is 0 Å². The molecule has 0 aliphatic rings. The van der Waals surface area contributed by atoms with Crippen LogP contribution >= 0.6 is 0 Å². The second-order valence-electron chi connectivity index (χ2n) is 4.13. The molecular weight excluding hydrogens is 220 g/mol. The second-order valence-corrected chi connectivity index (χ2v) is 4.13. The summed E-state index contributed by atoms with van der Waals surface area (Å²) >= 11 is 0. The average molecular weight is 238 g/mol. The van der Waals surface area contributed by atoms with Gasteiger partial charge in [-0.25, -0.2) is 0 Å². The number of benzene rings is 1. The molecule has 0 saturated carbocycles. The van der Waals surface area contributed by atoms with E-state index in [-0.39, 0.29) is 6.04 Å². The van der Waals surface area contributed by atoms with Crippen LogP contribution in [0.1, 0.15) is 23.7 Å². The summed E-state index contributed by atoms with van der Waals surface area (Å²) in [6.07, 6.45) is 4.71. The summed E-state index contributed by atoms with van der Waals surface area (Å²) < 4.78 is 0. The molecule has 1 N–H and O–H groups in total. The Morgan fingerprint density at radius 2 is 1.89 bits per heavy atom. The third-order valence-electron chi connectivity index (χ3n) is 2.81. The maximum atomic E-state index is 4.45. The number of pyridine rings is 1. The quantitative estimate of drug-likeness (QED) is 0.616. The van der Waals surface area contributed by atoms with Crippen LogP contribution in [0.4, 0.5) is 0 Å². The van der Waals surface area contributed by atoms with E-state index in [0.29, 0.717) is 0 Å². The standard InChI is InChI=1S/C16H18N2/c1-2-3-12-18-16(14-9-5-4-6-10-14)15-11-7-8-13-17-15/h2,4-11,13,16,18H,1,3,12H2. The molecule has 1 aromatic heterocycles. The molecule has 2 aromatic rings. The topological polar surface area (TPSA) is 24.9 Å². The number of rotatable bonds is 6. The highest BCUT2D eigenvalue weighted by Crippen LogP contribution is 2.19. The first kappa shape index (κ1) is 12.5. The number of nitrogens with zero attached hydrogens (tertiary/aromatic N) is 1. The molecule has 18 heavy (non-hydrogen) atoms. The third-order valence-corrected chi connectivity index (χ3v) is 2.81. The zero-order chi connectivity index (χ0) is 12.6. The summed E-state index contributed by atoms with van der Waals surface area (Å²) in [5.74, 6) is 0. The van der Waals surface area contributed by atoms with Crippen molar-refractivity contribution in [3.8, 4) is 0 Å². The number of hydrogen-bond donors (Lipinski definition) is 1. The van der Waals surface area contributed by atoms with Gasteiger partial charge in [-0.15, -0.1) is 6.58 Å². The van der Waals surface area contributed by atoms with Crippen molar-refractivity contribution in [3.63, 3.8) is 0 Å².